The molecule has 2 aromatic carbocycles. The molecule has 1 heterocycles. The van der Waals surface area contributed by atoms with Gasteiger partial charge < -0.3 is 19.3 Å². The Morgan fingerprint density at radius 1 is 1.16 bits per heavy atom. The van der Waals surface area contributed by atoms with Gasteiger partial charge in [0.05, 0.1) is 16.8 Å². The minimum absolute atomic E-state index is 0.261. The normalized spacial score (nSPS) is 11.6. The summed E-state index contributed by atoms with van der Waals surface area (Å²) in [4.78, 5) is 25.0. The minimum Gasteiger partial charge on any atom is -0.489 e. The smallest absolute Gasteiger partial charge is 0.339 e. The lowest BCUT2D eigenvalue weighted by atomic mass is 10.2. The first-order chi connectivity index (χ1) is 14.7. The third-order valence-corrected chi connectivity index (χ3v) is 4.98. The van der Waals surface area contributed by atoms with Crippen molar-refractivity contribution in [3.63, 3.8) is 0 Å². The Bertz CT molecular complexity index is 1090. The van der Waals surface area contributed by atoms with Gasteiger partial charge in [0.25, 0.3) is 5.91 Å². The van der Waals surface area contributed by atoms with Crippen LogP contribution in [0.15, 0.2) is 47.0 Å². The molecule has 0 spiro atoms. The molecule has 7 nitrogen and oxygen atoms in total. The lowest BCUT2D eigenvalue weighted by molar-refractivity contribution is -0.123. The van der Waals surface area contributed by atoms with Crippen molar-refractivity contribution in [2.75, 3.05) is 5.32 Å². The maximum atomic E-state index is 12.5. The predicted molar refractivity (Wildman–Crippen MR) is 116 cm³/mol. The summed E-state index contributed by atoms with van der Waals surface area (Å²) in [6.45, 7) is 7.25. The quantitative estimate of drug-likeness (QED) is 0.517. The summed E-state index contributed by atoms with van der Waals surface area (Å²) in [5, 5.41) is 7.11. The van der Waals surface area contributed by atoms with E-state index in [9.17, 15) is 9.59 Å². The van der Waals surface area contributed by atoms with Crippen LogP contribution < -0.4 is 10.1 Å². The molecule has 3 aromatic rings. The molecule has 31 heavy (non-hydrogen) atoms. The fourth-order valence-electron chi connectivity index (χ4n) is 2.82. The van der Waals surface area contributed by atoms with Gasteiger partial charge in [-0.1, -0.05) is 28.9 Å². The van der Waals surface area contributed by atoms with E-state index in [1.54, 1.807) is 42.5 Å². The van der Waals surface area contributed by atoms with Crippen molar-refractivity contribution in [3.8, 4) is 5.75 Å². The maximum absolute atomic E-state index is 12.5. The molecule has 0 aliphatic heterocycles. The van der Waals surface area contributed by atoms with E-state index in [1.165, 1.54) is 6.92 Å². The second-order valence-corrected chi connectivity index (χ2v) is 7.55. The first kappa shape index (κ1) is 22.4. The topological polar surface area (TPSA) is 90.7 Å². The van der Waals surface area contributed by atoms with Gasteiger partial charge in [-0.05, 0) is 63.6 Å². The highest BCUT2D eigenvalue weighted by atomic mass is 35.5. The molecule has 1 aromatic heterocycles. The Morgan fingerprint density at radius 2 is 1.94 bits per heavy atom. The molecule has 3 rings (SSSR count). The number of ether oxygens (including phenoxy) is 2. The summed E-state index contributed by atoms with van der Waals surface area (Å²) in [5.74, 6) is 0.0849. The van der Waals surface area contributed by atoms with Gasteiger partial charge in [0.2, 0.25) is 0 Å². The van der Waals surface area contributed by atoms with Gasteiger partial charge in [0.15, 0.2) is 6.10 Å². The van der Waals surface area contributed by atoms with Crippen LogP contribution in [0.25, 0.3) is 0 Å². The molecular formula is C23H23ClN2O5. The van der Waals surface area contributed by atoms with Crippen LogP contribution in [0.4, 0.5) is 5.69 Å². The molecule has 8 heteroatoms. The first-order valence-electron chi connectivity index (χ1n) is 9.67. The molecule has 1 N–H and O–H groups in total. The Balaban J connectivity index is 1.61. The number of nitrogens with zero attached hydrogens (tertiary/aromatic N) is 1. The fourth-order valence-corrected chi connectivity index (χ4v) is 2.99. The van der Waals surface area contributed by atoms with Crippen LogP contribution in [0.2, 0.25) is 5.02 Å². The van der Waals surface area contributed by atoms with Gasteiger partial charge in [-0.3, -0.25) is 4.79 Å². The zero-order valence-corrected chi connectivity index (χ0v) is 18.4. The predicted octanol–water partition coefficient (Wildman–Crippen LogP) is 5.02. The molecule has 0 bridgehead atoms. The summed E-state index contributed by atoms with van der Waals surface area (Å²) in [6, 6.07) is 11.7. The second-order valence-electron chi connectivity index (χ2n) is 7.12. The Hall–Kier alpha value is -3.32. The van der Waals surface area contributed by atoms with Crippen LogP contribution in [0.5, 0.6) is 5.75 Å². The average Bonchev–Trinajstić information content (AvgIpc) is 3.06. The zero-order valence-electron chi connectivity index (χ0n) is 17.7. The number of hydrogen-bond acceptors (Lipinski definition) is 6. The number of hydrogen-bond donors (Lipinski definition) is 1. The van der Waals surface area contributed by atoms with Crippen LogP contribution in [0.3, 0.4) is 0 Å². The summed E-state index contributed by atoms with van der Waals surface area (Å²) >= 11 is 5.98. The van der Waals surface area contributed by atoms with Crippen LogP contribution in [-0.2, 0) is 16.1 Å². The standard InChI is InChI=1S/C23H23ClN2O5/c1-13-8-9-18(24)11-21(13)25-22(27)16(4)30-23(28)17-6-5-7-19(10-17)29-12-20-14(2)26-31-15(20)3/h5-11,16H,12H2,1-4H3,(H,25,27). The van der Waals surface area contributed by atoms with E-state index in [0.29, 0.717) is 22.2 Å². The molecule has 0 saturated carbocycles. The Morgan fingerprint density at radius 3 is 2.65 bits per heavy atom. The van der Waals surface area contributed by atoms with E-state index in [0.717, 1.165) is 16.8 Å². The Labute approximate surface area is 185 Å². The fraction of sp³-hybridized carbons (Fsp3) is 0.261. The number of aryl methyl sites for hydroxylation is 3. The zero-order chi connectivity index (χ0) is 22.5. The largest absolute Gasteiger partial charge is 0.489 e. The number of esters is 1. The molecule has 0 aliphatic carbocycles. The molecule has 1 unspecified atom stereocenters. The molecule has 162 valence electrons. The van der Waals surface area contributed by atoms with Crippen molar-refractivity contribution in [1.29, 1.82) is 0 Å². The van der Waals surface area contributed by atoms with Crippen LogP contribution in [0.1, 0.15) is 39.9 Å². The van der Waals surface area contributed by atoms with E-state index in [-0.39, 0.29) is 12.2 Å². The molecule has 1 amide bonds. The van der Waals surface area contributed by atoms with Crippen LogP contribution in [-0.4, -0.2) is 23.1 Å². The van der Waals surface area contributed by atoms with Gasteiger partial charge >= 0.3 is 5.97 Å². The number of anilines is 1. The SMILES string of the molecule is Cc1ccc(Cl)cc1NC(=O)C(C)OC(=O)c1cccc(OCc2c(C)noc2C)c1. The maximum Gasteiger partial charge on any atom is 0.339 e. The number of carbonyl (C=O) groups is 2. The number of benzene rings is 2. The summed E-state index contributed by atoms with van der Waals surface area (Å²) in [7, 11) is 0. The first-order valence-corrected chi connectivity index (χ1v) is 10.0. The van der Waals surface area contributed by atoms with E-state index >= 15 is 0 Å². The number of rotatable bonds is 7. The van der Waals surface area contributed by atoms with Gasteiger partial charge in [-0.25, -0.2) is 4.79 Å². The summed E-state index contributed by atoms with van der Waals surface area (Å²) in [6.07, 6.45) is -1.00. The number of aromatic nitrogens is 1. The molecule has 0 aliphatic rings. The lowest BCUT2D eigenvalue weighted by Gasteiger charge is -2.15. The third-order valence-electron chi connectivity index (χ3n) is 4.74. The van der Waals surface area contributed by atoms with Crippen molar-refractivity contribution in [2.24, 2.45) is 0 Å². The van der Waals surface area contributed by atoms with E-state index in [1.807, 2.05) is 20.8 Å². The van der Waals surface area contributed by atoms with Crippen molar-refractivity contribution >= 4 is 29.2 Å². The van der Waals surface area contributed by atoms with Crippen molar-refractivity contribution < 1.29 is 23.6 Å². The van der Waals surface area contributed by atoms with E-state index in [2.05, 4.69) is 10.5 Å². The molecule has 1 atom stereocenters. The van der Waals surface area contributed by atoms with Crippen LogP contribution in [0, 0.1) is 20.8 Å². The van der Waals surface area contributed by atoms with Gasteiger partial charge in [-0.15, -0.1) is 0 Å². The van der Waals surface area contributed by atoms with E-state index in [4.69, 9.17) is 25.6 Å². The second kappa shape index (κ2) is 9.66. The van der Waals surface area contributed by atoms with Crippen LogP contribution >= 0.6 is 11.6 Å². The summed E-state index contributed by atoms with van der Waals surface area (Å²) < 4.78 is 16.2. The highest BCUT2D eigenvalue weighted by Crippen LogP contribution is 2.21. The molecule has 0 saturated heterocycles. The number of carbonyl (C=O) groups excluding carboxylic acids is 2. The number of halogens is 1. The molecule has 0 radical (unpaired) electrons. The van der Waals surface area contributed by atoms with Crippen molar-refractivity contribution in [1.82, 2.24) is 5.16 Å². The van der Waals surface area contributed by atoms with Gasteiger partial charge in [0.1, 0.15) is 18.1 Å². The number of nitrogens with one attached hydrogen (secondary N) is 1. The monoisotopic (exact) mass is 442 g/mol. The Kier molecular flexibility index (Phi) is 6.97. The van der Waals surface area contributed by atoms with E-state index < -0.39 is 18.0 Å². The minimum atomic E-state index is -1.00. The lowest BCUT2D eigenvalue weighted by Crippen LogP contribution is -2.30. The third kappa shape index (κ3) is 5.64. The highest BCUT2D eigenvalue weighted by molar-refractivity contribution is 6.31. The van der Waals surface area contributed by atoms with Gasteiger partial charge in [0, 0.05) is 10.7 Å². The molecule has 0 fully saturated rings. The van der Waals surface area contributed by atoms with Crippen molar-refractivity contribution in [2.45, 2.75) is 40.4 Å². The highest BCUT2D eigenvalue weighted by Gasteiger charge is 2.20. The number of amides is 1. The average molecular weight is 443 g/mol. The molecular weight excluding hydrogens is 420 g/mol. The van der Waals surface area contributed by atoms with Gasteiger partial charge in [-0.2, -0.15) is 0 Å². The summed E-state index contributed by atoms with van der Waals surface area (Å²) in [5.41, 5.74) is 3.29. The van der Waals surface area contributed by atoms with Crippen molar-refractivity contribution in [3.05, 3.63) is 75.6 Å².